The van der Waals surface area contributed by atoms with Crippen LogP contribution in [-0.2, 0) is 0 Å². The molecule has 19 heavy (non-hydrogen) atoms. The average molecular weight is 351 g/mol. The summed E-state index contributed by atoms with van der Waals surface area (Å²) >= 11 is 2.57. The Morgan fingerprint density at radius 2 is 1.74 bits per heavy atom. The molecule has 2 nitrogen and oxygen atoms in total. The minimum absolute atomic E-state index is 0.247. The number of halogens is 7. The van der Waals surface area contributed by atoms with Gasteiger partial charge in [-0.15, -0.1) is 0 Å². The lowest BCUT2D eigenvalue weighted by Gasteiger charge is -2.19. The van der Waals surface area contributed by atoms with Crippen molar-refractivity contribution in [3.8, 4) is 5.75 Å². The van der Waals surface area contributed by atoms with Crippen LogP contribution < -0.4 is 4.74 Å². The highest BCUT2D eigenvalue weighted by molar-refractivity contribution is 9.10. The molecule has 1 rings (SSSR count). The maximum absolute atomic E-state index is 13.3. The Hall–Kier alpha value is -1.25. The average Bonchev–Trinajstić information content (AvgIpc) is 2.27. The van der Waals surface area contributed by atoms with Gasteiger partial charge in [0, 0.05) is 0 Å². The number of ketones is 1. The molecule has 1 aromatic rings. The molecule has 0 heterocycles. The first-order chi connectivity index (χ1) is 8.54. The van der Waals surface area contributed by atoms with Gasteiger partial charge in [-0.25, -0.2) is 4.39 Å². The highest BCUT2D eigenvalue weighted by Crippen LogP contribution is 2.41. The number of ether oxygens (including phenoxy) is 1. The zero-order valence-electron chi connectivity index (χ0n) is 9.12. The van der Waals surface area contributed by atoms with Gasteiger partial charge >= 0.3 is 12.1 Å². The van der Waals surface area contributed by atoms with Crippen LogP contribution in [0.3, 0.4) is 0 Å². The molecule has 0 bridgehead atoms. The second kappa shape index (κ2) is 5.03. The molecule has 0 spiro atoms. The zero-order chi connectivity index (χ0) is 15.0. The molecule has 1 aromatic carbocycles. The van der Waals surface area contributed by atoms with E-state index in [9.17, 15) is 31.1 Å². The van der Waals surface area contributed by atoms with Gasteiger partial charge in [-0.1, -0.05) is 0 Å². The summed E-state index contributed by atoms with van der Waals surface area (Å²) in [4.78, 5) is 11.2. The Balaban J connectivity index is 3.43. The van der Waals surface area contributed by atoms with Gasteiger partial charge in [0.15, 0.2) is 0 Å². The SMILES string of the molecule is COc1ccc(F)c(C(=O)C(F)(F)C(F)(F)F)c1Br. The highest BCUT2D eigenvalue weighted by Gasteiger charge is 2.64. The van der Waals surface area contributed by atoms with Crippen LogP contribution >= 0.6 is 15.9 Å². The number of methoxy groups -OCH3 is 1. The van der Waals surface area contributed by atoms with E-state index in [0.29, 0.717) is 6.07 Å². The van der Waals surface area contributed by atoms with Crippen LogP contribution in [0.1, 0.15) is 10.4 Å². The van der Waals surface area contributed by atoms with Gasteiger partial charge in [0.1, 0.15) is 11.6 Å². The molecule has 0 aliphatic heterocycles. The summed E-state index contributed by atoms with van der Waals surface area (Å²) in [6.45, 7) is 0. The van der Waals surface area contributed by atoms with E-state index < -0.39 is 33.7 Å². The monoisotopic (exact) mass is 350 g/mol. The summed E-state index contributed by atoms with van der Waals surface area (Å²) in [6.07, 6.45) is -6.11. The number of alkyl halides is 5. The number of hydrogen-bond donors (Lipinski definition) is 0. The van der Waals surface area contributed by atoms with E-state index in [1.807, 2.05) is 0 Å². The fourth-order valence-corrected chi connectivity index (χ4v) is 1.85. The molecule has 9 heteroatoms. The fourth-order valence-electron chi connectivity index (χ4n) is 1.18. The first kappa shape index (κ1) is 15.8. The van der Waals surface area contributed by atoms with E-state index in [1.54, 1.807) is 0 Å². The van der Waals surface area contributed by atoms with Crippen LogP contribution in [0.2, 0.25) is 0 Å². The predicted molar refractivity (Wildman–Crippen MR) is 56.0 cm³/mol. The van der Waals surface area contributed by atoms with Crippen molar-refractivity contribution in [1.29, 1.82) is 0 Å². The first-order valence-electron chi connectivity index (χ1n) is 4.55. The van der Waals surface area contributed by atoms with Crippen molar-refractivity contribution in [3.63, 3.8) is 0 Å². The maximum atomic E-state index is 13.3. The Labute approximate surface area is 111 Å². The first-order valence-corrected chi connectivity index (χ1v) is 5.34. The lowest BCUT2D eigenvalue weighted by molar-refractivity contribution is -0.255. The minimum atomic E-state index is -6.11. The van der Waals surface area contributed by atoms with Crippen molar-refractivity contribution in [2.75, 3.05) is 7.11 Å². The molecule has 0 atom stereocenters. The third kappa shape index (κ3) is 2.70. The topological polar surface area (TPSA) is 26.3 Å². The van der Waals surface area contributed by atoms with Crippen molar-refractivity contribution in [1.82, 2.24) is 0 Å². The standard InChI is InChI=1S/C10H5BrF6O2/c1-19-5-3-2-4(12)6(7(5)11)8(18)9(13,14)10(15,16)17/h2-3H,1H3. The van der Waals surface area contributed by atoms with Crippen molar-refractivity contribution in [2.24, 2.45) is 0 Å². The van der Waals surface area contributed by atoms with E-state index in [0.717, 1.165) is 13.2 Å². The number of carbonyl (C=O) groups excluding carboxylic acids is 1. The third-order valence-corrected chi connectivity index (χ3v) is 2.93. The molecular formula is C10H5BrF6O2. The molecule has 0 amide bonds. The van der Waals surface area contributed by atoms with Crippen molar-refractivity contribution >= 4 is 21.7 Å². The molecular weight excluding hydrogens is 346 g/mol. The van der Waals surface area contributed by atoms with Crippen LogP contribution in [0, 0.1) is 5.82 Å². The molecule has 0 saturated heterocycles. The lowest BCUT2D eigenvalue weighted by atomic mass is 10.0. The molecule has 0 radical (unpaired) electrons. The van der Waals surface area contributed by atoms with Gasteiger partial charge in [-0.05, 0) is 28.1 Å². The summed E-state index contributed by atoms with van der Waals surface area (Å²) in [5, 5.41) is 0. The number of hydrogen-bond acceptors (Lipinski definition) is 2. The molecule has 0 unspecified atom stereocenters. The van der Waals surface area contributed by atoms with Crippen molar-refractivity contribution in [2.45, 2.75) is 12.1 Å². The van der Waals surface area contributed by atoms with E-state index in [4.69, 9.17) is 0 Å². The largest absolute Gasteiger partial charge is 0.496 e. The Bertz CT molecular complexity index is 511. The summed E-state index contributed by atoms with van der Waals surface area (Å²) < 4.78 is 79.4. The fraction of sp³-hybridized carbons (Fsp3) is 0.300. The number of Topliss-reactive ketones (excluding diaryl/α,β-unsaturated/α-hetero) is 1. The Morgan fingerprint density at radius 3 is 2.16 bits per heavy atom. The predicted octanol–water partition coefficient (Wildman–Crippen LogP) is 3.98. The van der Waals surface area contributed by atoms with Gasteiger partial charge in [0.05, 0.1) is 17.1 Å². The quantitative estimate of drug-likeness (QED) is 0.608. The van der Waals surface area contributed by atoms with Crippen LogP contribution in [0.15, 0.2) is 16.6 Å². The van der Waals surface area contributed by atoms with Crippen LogP contribution in [-0.4, -0.2) is 25.0 Å². The molecule has 0 fully saturated rings. The molecule has 106 valence electrons. The molecule has 0 aliphatic carbocycles. The molecule has 0 aromatic heterocycles. The molecule has 0 N–H and O–H groups in total. The second-order valence-corrected chi connectivity index (χ2v) is 4.13. The second-order valence-electron chi connectivity index (χ2n) is 3.34. The smallest absolute Gasteiger partial charge is 0.461 e. The minimum Gasteiger partial charge on any atom is -0.496 e. The lowest BCUT2D eigenvalue weighted by Crippen LogP contribution is -2.44. The number of benzene rings is 1. The number of rotatable bonds is 3. The number of carbonyl (C=O) groups is 1. The highest BCUT2D eigenvalue weighted by atomic mass is 79.9. The maximum Gasteiger partial charge on any atom is 0.461 e. The summed E-state index contributed by atoms with van der Waals surface area (Å²) in [7, 11) is 1.08. The van der Waals surface area contributed by atoms with Gasteiger partial charge in [0.2, 0.25) is 5.78 Å². The Morgan fingerprint density at radius 1 is 1.21 bits per heavy atom. The van der Waals surface area contributed by atoms with Gasteiger partial charge in [-0.3, -0.25) is 4.79 Å². The van der Waals surface area contributed by atoms with Crippen molar-refractivity contribution < 1.29 is 35.9 Å². The molecule has 0 saturated carbocycles. The summed E-state index contributed by atoms with van der Waals surface area (Å²) in [5.74, 6) is -10.1. The van der Waals surface area contributed by atoms with E-state index in [2.05, 4.69) is 20.7 Å². The molecule has 0 aliphatic rings. The van der Waals surface area contributed by atoms with Gasteiger partial charge in [-0.2, -0.15) is 22.0 Å². The van der Waals surface area contributed by atoms with E-state index >= 15 is 0 Å². The van der Waals surface area contributed by atoms with Crippen LogP contribution in [0.5, 0.6) is 5.75 Å². The van der Waals surface area contributed by atoms with E-state index in [-0.39, 0.29) is 5.75 Å². The zero-order valence-corrected chi connectivity index (χ0v) is 10.7. The summed E-state index contributed by atoms with van der Waals surface area (Å²) in [5.41, 5.74) is -1.42. The van der Waals surface area contributed by atoms with Crippen LogP contribution in [0.4, 0.5) is 26.3 Å². The van der Waals surface area contributed by atoms with Gasteiger partial charge < -0.3 is 4.74 Å². The van der Waals surface area contributed by atoms with Crippen LogP contribution in [0.25, 0.3) is 0 Å². The van der Waals surface area contributed by atoms with E-state index in [1.165, 1.54) is 0 Å². The van der Waals surface area contributed by atoms with Gasteiger partial charge in [0.25, 0.3) is 0 Å². The Kier molecular flexibility index (Phi) is 4.18. The van der Waals surface area contributed by atoms with Crippen molar-refractivity contribution in [3.05, 3.63) is 28.0 Å². The third-order valence-electron chi connectivity index (χ3n) is 2.14. The normalized spacial score (nSPS) is 12.4. The summed E-state index contributed by atoms with van der Waals surface area (Å²) in [6, 6.07) is 1.53.